The molecule has 4 atom stereocenters. The molecule has 3 heterocycles. The van der Waals surface area contributed by atoms with Crippen molar-refractivity contribution < 1.29 is 9.53 Å². The summed E-state index contributed by atoms with van der Waals surface area (Å²) in [7, 11) is 0. The number of pyridine rings is 1. The van der Waals surface area contributed by atoms with Gasteiger partial charge in [0.1, 0.15) is 0 Å². The number of aromatic nitrogens is 1. The Kier molecular flexibility index (Phi) is 4.58. The van der Waals surface area contributed by atoms with Crippen molar-refractivity contribution in [2.45, 2.75) is 43.7 Å². The fourth-order valence-electron chi connectivity index (χ4n) is 3.84. The molecule has 0 spiro atoms. The summed E-state index contributed by atoms with van der Waals surface area (Å²) in [5, 5.41) is 0. The van der Waals surface area contributed by atoms with E-state index >= 15 is 0 Å². The molecule has 0 N–H and O–H groups in total. The fourth-order valence-corrected chi connectivity index (χ4v) is 5.06. The van der Waals surface area contributed by atoms with Crippen molar-refractivity contribution in [2.24, 2.45) is 5.92 Å². The third-order valence-corrected chi connectivity index (χ3v) is 6.42. The lowest BCUT2D eigenvalue weighted by molar-refractivity contribution is -0.136. The Hall–Kier alpha value is -1.07. The van der Waals surface area contributed by atoms with Gasteiger partial charge >= 0.3 is 0 Å². The largest absolute Gasteiger partial charge is 0.376 e. The maximum absolute atomic E-state index is 13.1. The van der Waals surface area contributed by atoms with E-state index in [-0.39, 0.29) is 12.0 Å². The summed E-state index contributed by atoms with van der Waals surface area (Å²) in [4.78, 5) is 19.5. The van der Waals surface area contributed by atoms with E-state index < -0.39 is 0 Å². The summed E-state index contributed by atoms with van der Waals surface area (Å²) in [6.45, 7) is 1.65. The van der Waals surface area contributed by atoms with Crippen LogP contribution in [0.2, 0.25) is 0 Å². The number of carbonyl (C=O) groups is 1. The highest BCUT2D eigenvalue weighted by Crippen LogP contribution is 2.48. The van der Waals surface area contributed by atoms with E-state index in [1.807, 2.05) is 24.0 Å². The molecule has 2 aliphatic heterocycles. The van der Waals surface area contributed by atoms with E-state index in [1.54, 1.807) is 6.20 Å². The van der Waals surface area contributed by atoms with Gasteiger partial charge in [-0.2, -0.15) is 11.8 Å². The molecule has 1 aliphatic carbocycles. The van der Waals surface area contributed by atoms with Crippen LogP contribution in [0.5, 0.6) is 0 Å². The van der Waals surface area contributed by atoms with E-state index in [2.05, 4.69) is 16.0 Å². The number of ether oxygens (including phenoxy) is 1. The topological polar surface area (TPSA) is 42.4 Å². The van der Waals surface area contributed by atoms with Crippen LogP contribution in [0.25, 0.3) is 0 Å². The summed E-state index contributed by atoms with van der Waals surface area (Å²) in [5.74, 6) is 3.14. The van der Waals surface area contributed by atoms with Crippen LogP contribution in [0.15, 0.2) is 24.5 Å². The zero-order valence-corrected chi connectivity index (χ0v) is 14.2. The maximum atomic E-state index is 13.1. The van der Waals surface area contributed by atoms with Crippen molar-refractivity contribution in [3.8, 4) is 0 Å². The van der Waals surface area contributed by atoms with E-state index in [9.17, 15) is 4.79 Å². The summed E-state index contributed by atoms with van der Waals surface area (Å²) < 4.78 is 5.79. The Balaban J connectivity index is 1.44. The van der Waals surface area contributed by atoms with Crippen LogP contribution in [0.4, 0.5) is 0 Å². The molecule has 0 radical (unpaired) electrons. The third kappa shape index (κ3) is 3.41. The molecule has 1 aromatic heterocycles. The zero-order chi connectivity index (χ0) is 15.6. The van der Waals surface area contributed by atoms with Crippen molar-refractivity contribution in [1.82, 2.24) is 9.88 Å². The SMILES string of the molecule is O=C([C@@H]1C[C@H]1c1cccnc1)N(C[C@H]1CCCO1)[C@@H]1CCSC1. The molecule has 1 aromatic rings. The minimum absolute atomic E-state index is 0.159. The van der Waals surface area contributed by atoms with Crippen molar-refractivity contribution in [3.05, 3.63) is 30.1 Å². The number of thioether (sulfide) groups is 1. The van der Waals surface area contributed by atoms with Gasteiger partial charge in [-0.25, -0.2) is 0 Å². The molecular weight excluding hydrogens is 308 g/mol. The van der Waals surface area contributed by atoms with Crippen LogP contribution < -0.4 is 0 Å². The highest BCUT2D eigenvalue weighted by atomic mass is 32.2. The number of rotatable bonds is 5. The molecule has 4 nitrogen and oxygen atoms in total. The molecule has 4 rings (SSSR count). The Morgan fingerprint density at radius 2 is 2.39 bits per heavy atom. The van der Waals surface area contributed by atoms with Gasteiger partial charge in [-0.05, 0) is 49.0 Å². The van der Waals surface area contributed by atoms with Crippen LogP contribution in [-0.2, 0) is 9.53 Å². The summed E-state index contributed by atoms with van der Waals surface area (Å²) in [5.41, 5.74) is 1.21. The van der Waals surface area contributed by atoms with Crippen LogP contribution in [0.1, 0.15) is 37.2 Å². The quantitative estimate of drug-likeness (QED) is 0.831. The molecule has 1 amide bonds. The standard InChI is InChI=1S/C18H24N2O2S/c21-18(17-9-16(17)13-3-1-6-19-10-13)20(14-5-8-23-12-14)11-15-4-2-7-22-15/h1,3,6,10,14-17H,2,4-5,7-9,11-12H2/t14-,15-,16+,17-/m1/s1. The molecule has 3 aliphatic rings. The predicted molar refractivity (Wildman–Crippen MR) is 91.5 cm³/mol. The molecule has 3 fully saturated rings. The van der Waals surface area contributed by atoms with Gasteiger partial charge in [-0.15, -0.1) is 0 Å². The van der Waals surface area contributed by atoms with Crippen LogP contribution in [-0.4, -0.2) is 52.6 Å². The van der Waals surface area contributed by atoms with Gasteiger partial charge in [0.05, 0.1) is 6.10 Å². The smallest absolute Gasteiger partial charge is 0.226 e. The summed E-state index contributed by atoms with van der Waals surface area (Å²) in [6.07, 6.45) is 8.30. The van der Waals surface area contributed by atoms with Gasteiger partial charge in [-0.1, -0.05) is 6.07 Å². The van der Waals surface area contributed by atoms with E-state index in [1.165, 1.54) is 11.3 Å². The fraction of sp³-hybridized carbons (Fsp3) is 0.667. The lowest BCUT2D eigenvalue weighted by Crippen LogP contribution is -2.45. The Labute approximate surface area is 142 Å². The number of amides is 1. The first-order chi connectivity index (χ1) is 11.3. The van der Waals surface area contributed by atoms with Gasteiger partial charge in [-0.3, -0.25) is 9.78 Å². The van der Waals surface area contributed by atoms with Crippen LogP contribution >= 0.6 is 11.8 Å². The second-order valence-electron chi connectivity index (χ2n) is 6.88. The van der Waals surface area contributed by atoms with Gasteiger partial charge in [0.25, 0.3) is 0 Å². The number of hydrogen-bond donors (Lipinski definition) is 0. The van der Waals surface area contributed by atoms with E-state index in [0.717, 1.165) is 44.6 Å². The van der Waals surface area contributed by atoms with Crippen molar-refractivity contribution >= 4 is 17.7 Å². The lowest BCUT2D eigenvalue weighted by Gasteiger charge is -2.31. The summed E-state index contributed by atoms with van der Waals surface area (Å²) >= 11 is 1.97. The zero-order valence-electron chi connectivity index (χ0n) is 13.4. The molecule has 5 heteroatoms. The molecule has 124 valence electrons. The van der Waals surface area contributed by atoms with Gasteiger partial charge in [0, 0.05) is 43.3 Å². The first kappa shape index (κ1) is 15.5. The molecule has 0 unspecified atom stereocenters. The van der Waals surface area contributed by atoms with Gasteiger partial charge in [0.15, 0.2) is 0 Å². The van der Waals surface area contributed by atoms with E-state index in [0.29, 0.717) is 17.9 Å². The normalized spacial score (nSPS) is 32.9. The second-order valence-corrected chi connectivity index (χ2v) is 8.03. The summed E-state index contributed by atoms with van der Waals surface area (Å²) in [6, 6.07) is 4.47. The molecule has 23 heavy (non-hydrogen) atoms. The minimum atomic E-state index is 0.159. The number of hydrogen-bond acceptors (Lipinski definition) is 4. The average Bonchev–Trinajstić information content (AvgIpc) is 2.98. The van der Waals surface area contributed by atoms with Crippen molar-refractivity contribution in [3.63, 3.8) is 0 Å². The van der Waals surface area contributed by atoms with Gasteiger partial charge in [0.2, 0.25) is 5.91 Å². The molecular formula is C18H24N2O2S. The molecule has 1 saturated carbocycles. The van der Waals surface area contributed by atoms with E-state index in [4.69, 9.17) is 4.74 Å². The Morgan fingerprint density at radius 1 is 1.43 bits per heavy atom. The monoisotopic (exact) mass is 332 g/mol. The average molecular weight is 332 g/mol. The number of nitrogens with zero attached hydrogens (tertiary/aromatic N) is 2. The lowest BCUT2D eigenvalue weighted by atomic mass is 10.1. The first-order valence-corrected chi connectivity index (χ1v) is 9.88. The Bertz CT molecular complexity index is 541. The van der Waals surface area contributed by atoms with Crippen LogP contribution in [0.3, 0.4) is 0 Å². The highest BCUT2D eigenvalue weighted by molar-refractivity contribution is 7.99. The highest BCUT2D eigenvalue weighted by Gasteiger charge is 2.47. The predicted octanol–water partition coefficient (Wildman–Crippen LogP) is 2.70. The molecule has 0 aromatic carbocycles. The van der Waals surface area contributed by atoms with Crippen molar-refractivity contribution in [1.29, 1.82) is 0 Å². The number of carbonyl (C=O) groups excluding carboxylic acids is 1. The third-order valence-electron chi connectivity index (χ3n) is 5.27. The molecule has 2 saturated heterocycles. The van der Waals surface area contributed by atoms with Gasteiger partial charge < -0.3 is 9.64 Å². The maximum Gasteiger partial charge on any atom is 0.226 e. The first-order valence-electron chi connectivity index (χ1n) is 8.72. The Morgan fingerprint density at radius 3 is 3.09 bits per heavy atom. The van der Waals surface area contributed by atoms with Crippen molar-refractivity contribution in [2.75, 3.05) is 24.7 Å². The molecule has 0 bridgehead atoms. The minimum Gasteiger partial charge on any atom is -0.376 e. The second kappa shape index (κ2) is 6.81. The van der Waals surface area contributed by atoms with Crippen LogP contribution in [0, 0.1) is 5.92 Å².